The van der Waals surface area contributed by atoms with Gasteiger partial charge in [-0.15, -0.1) is 0 Å². The number of aliphatic hydroxyl groups is 1. The molecular formula is C12H17BrO2. The fraction of sp³-hybridized carbons (Fsp3) is 0.500. The summed E-state index contributed by atoms with van der Waals surface area (Å²) < 4.78 is 6.68. The second-order valence-electron chi connectivity index (χ2n) is 3.86. The van der Waals surface area contributed by atoms with E-state index in [1.807, 2.05) is 26.0 Å². The van der Waals surface area contributed by atoms with Gasteiger partial charge in [0.2, 0.25) is 0 Å². The Kier molecular flexibility index (Phi) is 4.61. The SMILES string of the molecule is Cc1cc(OCC[C@@H](C)O)cc(C)c1Br. The molecule has 1 N–H and O–H groups in total. The van der Waals surface area contributed by atoms with Crippen molar-refractivity contribution in [3.05, 3.63) is 27.7 Å². The van der Waals surface area contributed by atoms with Crippen LogP contribution in [0.15, 0.2) is 16.6 Å². The lowest BCUT2D eigenvalue weighted by atomic mass is 10.1. The van der Waals surface area contributed by atoms with Crippen molar-refractivity contribution in [2.75, 3.05) is 6.61 Å². The van der Waals surface area contributed by atoms with E-state index in [2.05, 4.69) is 15.9 Å². The zero-order valence-corrected chi connectivity index (χ0v) is 11.0. The lowest BCUT2D eigenvalue weighted by Crippen LogP contribution is -2.07. The van der Waals surface area contributed by atoms with Crippen LogP contribution in [0.3, 0.4) is 0 Å². The topological polar surface area (TPSA) is 29.5 Å². The van der Waals surface area contributed by atoms with E-state index in [0.29, 0.717) is 13.0 Å². The molecule has 0 heterocycles. The number of aryl methyl sites for hydroxylation is 2. The first-order valence-corrected chi connectivity index (χ1v) is 5.87. The largest absolute Gasteiger partial charge is 0.493 e. The van der Waals surface area contributed by atoms with Gasteiger partial charge in [0.1, 0.15) is 5.75 Å². The highest BCUT2D eigenvalue weighted by atomic mass is 79.9. The second kappa shape index (κ2) is 5.52. The Morgan fingerprint density at radius 2 is 1.87 bits per heavy atom. The fourth-order valence-electron chi connectivity index (χ4n) is 1.34. The maximum absolute atomic E-state index is 9.10. The van der Waals surface area contributed by atoms with E-state index in [-0.39, 0.29) is 6.10 Å². The standard InChI is InChI=1S/C12H17BrO2/c1-8-6-11(7-9(2)12(8)13)15-5-4-10(3)14/h6-7,10,14H,4-5H2,1-3H3/t10-/m1/s1. The molecule has 0 aliphatic heterocycles. The molecule has 0 aromatic heterocycles. The first-order valence-electron chi connectivity index (χ1n) is 5.08. The predicted molar refractivity (Wildman–Crippen MR) is 65.4 cm³/mol. The smallest absolute Gasteiger partial charge is 0.119 e. The zero-order chi connectivity index (χ0) is 11.4. The van der Waals surface area contributed by atoms with Gasteiger partial charge in [0.05, 0.1) is 12.7 Å². The van der Waals surface area contributed by atoms with Crippen molar-refractivity contribution in [3.8, 4) is 5.75 Å². The molecule has 0 fully saturated rings. The van der Waals surface area contributed by atoms with E-state index in [0.717, 1.165) is 10.2 Å². The zero-order valence-electron chi connectivity index (χ0n) is 9.38. The normalized spacial score (nSPS) is 12.6. The van der Waals surface area contributed by atoms with Crippen molar-refractivity contribution >= 4 is 15.9 Å². The van der Waals surface area contributed by atoms with Crippen LogP contribution in [0.1, 0.15) is 24.5 Å². The minimum Gasteiger partial charge on any atom is -0.493 e. The summed E-state index contributed by atoms with van der Waals surface area (Å²) >= 11 is 3.51. The highest BCUT2D eigenvalue weighted by molar-refractivity contribution is 9.10. The van der Waals surface area contributed by atoms with E-state index in [1.165, 1.54) is 11.1 Å². The van der Waals surface area contributed by atoms with Crippen molar-refractivity contribution in [2.24, 2.45) is 0 Å². The molecule has 0 saturated heterocycles. The van der Waals surface area contributed by atoms with Gasteiger partial charge in [-0.3, -0.25) is 0 Å². The molecule has 1 rings (SSSR count). The van der Waals surface area contributed by atoms with Crippen molar-refractivity contribution in [1.82, 2.24) is 0 Å². The molecule has 84 valence electrons. The Bertz CT molecular complexity index is 311. The Morgan fingerprint density at radius 3 is 2.33 bits per heavy atom. The first-order chi connectivity index (χ1) is 7.00. The molecule has 0 saturated carbocycles. The van der Waals surface area contributed by atoms with Gasteiger partial charge in [-0.1, -0.05) is 15.9 Å². The van der Waals surface area contributed by atoms with Gasteiger partial charge >= 0.3 is 0 Å². The number of aliphatic hydroxyl groups excluding tert-OH is 1. The number of benzene rings is 1. The molecular weight excluding hydrogens is 256 g/mol. The minimum atomic E-state index is -0.303. The van der Waals surface area contributed by atoms with Crippen molar-refractivity contribution in [1.29, 1.82) is 0 Å². The summed E-state index contributed by atoms with van der Waals surface area (Å²) in [5.41, 5.74) is 2.34. The minimum absolute atomic E-state index is 0.303. The lowest BCUT2D eigenvalue weighted by Gasteiger charge is -2.10. The van der Waals surface area contributed by atoms with E-state index in [9.17, 15) is 0 Å². The molecule has 0 amide bonds. The second-order valence-corrected chi connectivity index (χ2v) is 4.65. The third kappa shape index (κ3) is 3.84. The van der Waals surface area contributed by atoms with Crippen molar-refractivity contribution in [3.63, 3.8) is 0 Å². The quantitative estimate of drug-likeness (QED) is 0.912. The van der Waals surface area contributed by atoms with Crippen LogP contribution in [0.5, 0.6) is 5.75 Å². The van der Waals surface area contributed by atoms with Crippen LogP contribution in [0.25, 0.3) is 0 Å². The summed E-state index contributed by atoms with van der Waals surface area (Å²) in [5.74, 6) is 0.869. The van der Waals surface area contributed by atoms with Crippen molar-refractivity contribution < 1.29 is 9.84 Å². The summed E-state index contributed by atoms with van der Waals surface area (Å²) in [6.45, 7) is 6.40. The first kappa shape index (κ1) is 12.5. The van der Waals surface area contributed by atoms with Gasteiger partial charge in [-0.25, -0.2) is 0 Å². The highest BCUT2D eigenvalue weighted by Gasteiger charge is 2.03. The number of rotatable bonds is 4. The molecule has 1 aromatic carbocycles. The molecule has 0 aliphatic carbocycles. The van der Waals surface area contributed by atoms with Crippen LogP contribution in [0.2, 0.25) is 0 Å². The molecule has 0 unspecified atom stereocenters. The Balaban J connectivity index is 2.63. The Morgan fingerprint density at radius 1 is 1.33 bits per heavy atom. The number of halogens is 1. The van der Waals surface area contributed by atoms with Gasteiger partial charge < -0.3 is 9.84 Å². The third-order valence-electron chi connectivity index (χ3n) is 2.21. The van der Waals surface area contributed by atoms with Crippen LogP contribution in [-0.2, 0) is 0 Å². The van der Waals surface area contributed by atoms with Crippen LogP contribution in [-0.4, -0.2) is 17.8 Å². The molecule has 0 bridgehead atoms. The van der Waals surface area contributed by atoms with E-state index in [4.69, 9.17) is 9.84 Å². The van der Waals surface area contributed by atoms with Crippen LogP contribution < -0.4 is 4.74 Å². The van der Waals surface area contributed by atoms with Crippen LogP contribution >= 0.6 is 15.9 Å². The predicted octanol–water partition coefficient (Wildman–Crippen LogP) is 3.22. The molecule has 0 aliphatic rings. The highest BCUT2D eigenvalue weighted by Crippen LogP contribution is 2.26. The maximum Gasteiger partial charge on any atom is 0.119 e. The monoisotopic (exact) mass is 272 g/mol. The number of ether oxygens (including phenoxy) is 1. The number of hydrogen-bond donors (Lipinski definition) is 1. The molecule has 15 heavy (non-hydrogen) atoms. The van der Waals surface area contributed by atoms with Crippen molar-refractivity contribution in [2.45, 2.75) is 33.3 Å². The Hall–Kier alpha value is -0.540. The van der Waals surface area contributed by atoms with Crippen LogP contribution in [0, 0.1) is 13.8 Å². The van der Waals surface area contributed by atoms with E-state index >= 15 is 0 Å². The van der Waals surface area contributed by atoms with Gasteiger partial charge in [0, 0.05) is 10.9 Å². The lowest BCUT2D eigenvalue weighted by molar-refractivity contribution is 0.155. The fourth-order valence-corrected chi connectivity index (χ4v) is 1.57. The van der Waals surface area contributed by atoms with E-state index < -0.39 is 0 Å². The van der Waals surface area contributed by atoms with Crippen LogP contribution in [0.4, 0.5) is 0 Å². The van der Waals surface area contributed by atoms with Gasteiger partial charge in [-0.05, 0) is 44.0 Å². The van der Waals surface area contributed by atoms with E-state index in [1.54, 1.807) is 6.92 Å². The summed E-state index contributed by atoms with van der Waals surface area (Å²) in [7, 11) is 0. The molecule has 1 aromatic rings. The van der Waals surface area contributed by atoms with Gasteiger partial charge in [-0.2, -0.15) is 0 Å². The average molecular weight is 273 g/mol. The molecule has 1 atom stereocenters. The van der Waals surface area contributed by atoms with Gasteiger partial charge in [0.25, 0.3) is 0 Å². The molecule has 2 nitrogen and oxygen atoms in total. The third-order valence-corrected chi connectivity index (χ3v) is 3.47. The molecule has 0 radical (unpaired) electrons. The average Bonchev–Trinajstić information content (AvgIpc) is 2.13. The summed E-state index contributed by atoms with van der Waals surface area (Å²) in [6.07, 6.45) is 0.358. The maximum atomic E-state index is 9.10. The number of hydrogen-bond acceptors (Lipinski definition) is 2. The Labute approximate surface area is 99.4 Å². The molecule has 0 spiro atoms. The molecule has 3 heteroatoms. The summed E-state index contributed by atoms with van der Waals surface area (Å²) in [6, 6.07) is 4.00. The summed E-state index contributed by atoms with van der Waals surface area (Å²) in [4.78, 5) is 0. The van der Waals surface area contributed by atoms with Gasteiger partial charge in [0.15, 0.2) is 0 Å². The summed E-state index contributed by atoms with van der Waals surface area (Å²) in [5, 5.41) is 9.10.